The molecule has 0 aliphatic carbocycles. The Balaban J connectivity index is 4.29. The first-order chi connectivity index (χ1) is 31.5. The van der Waals surface area contributed by atoms with Crippen LogP contribution in [0.4, 0.5) is 0 Å². The zero-order valence-corrected chi connectivity index (χ0v) is 42.8. The van der Waals surface area contributed by atoms with Crippen molar-refractivity contribution < 1.29 is 28.6 Å². The van der Waals surface area contributed by atoms with Crippen LogP contribution in [0.5, 0.6) is 0 Å². The van der Waals surface area contributed by atoms with Crippen molar-refractivity contribution in [1.82, 2.24) is 0 Å². The molecule has 0 amide bonds. The van der Waals surface area contributed by atoms with Crippen molar-refractivity contribution in [2.75, 3.05) is 13.2 Å². The highest BCUT2D eigenvalue weighted by molar-refractivity contribution is 5.71. The molecule has 0 radical (unpaired) electrons. The maximum Gasteiger partial charge on any atom is 0.306 e. The minimum absolute atomic E-state index is 0.0736. The maximum absolute atomic E-state index is 12.8. The molecule has 0 N–H and O–H groups in total. The number of hydrogen-bond donors (Lipinski definition) is 0. The van der Waals surface area contributed by atoms with Crippen molar-refractivity contribution in [3.8, 4) is 0 Å². The predicted octanol–water partition coefficient (Wildman–Crippen LogP) is 18.5. The summed E-state index contributed by atoms with van der Waals surface area (Å²) >= 11 is 0. The van der Waals surface area contributed by atoms with Crippen molar-refractivity contribution in [1.29, 1.82) is 0 Å². The molecule has 0 aliphatic heterocycles. The Morgan fingerprint density at radius 1 is 0.312 bits per heavy atom. The SMILES string of the molecule is CCCCCCC/C=C\C/C=C\CCCCCCCCCCCC(=O)OCC(COC(=O)CCCCCCCCCCCCC)OC(=O)CCCCCCC/C=C\CCCCCCC. The third-order valence-electron chi connectivity index (χ3n) is 12.4. The van der Waals surface area contributed by atoms with Gasteiger partial charge in [-0.1, -0.05) is 237 Å². The lowest BCUT2D eigenvalue weighted by atomic mass is 10.1. The summed E-state index contributed by atoms with van der Waals surface area (Å²) in [4.78, 5) is 38.0. The number of carbonyl (C=O) groups is 3. The van der Waals surface area contributed by atoms with E-state index in [9.17, 15) is 14.4 Å². The summed E-state index contributed by atoms with van der Waals surface area (Å²) in [7, 11) is 0. The molecule has 0 aromatic heterocycles. The standard InChI is InChI=1S/C58H106O6/c1-4-7-10-13-16-19-22-24-26-27-28-29-30-31-32-34-36-39-42-45-48-51-57(60)63-54-55(53-62-56(59)50-47-44-41-38-35-21-18-15-12-9-6-3)64-58(61)52-49-46-43-40-37-33-25-23-20-17-14-11-8-5-2/h22-25,27-28,55H,4-21,26,29-54H2,1-3H3/b24-22-,25-23-,28-27-. The Kier molecular flexibility index (Phi) is 51.3. The molecule has 6 nitrogen and oxygen atoms in total. The predicted molar refractivity (Wildman–Crippen MR) is 275 cm³/mol. The first-order valence-electron chi connectivity index (χ1n) is 28.0. The Morgan fingerprint density at radius 2 is 0.562 bits per heavy atom. The highest BCUT2D eigenvalue weighted by Crippen LogP contribution is 2.16. The van der Waals surface area contributed by atoms with Crippen LogP contribution >= 0.6 is 0 Å². The van der Waals surface area contributed by atoms with E-state index < -0.39 is 6.10 Å². The zero-order valence-electron chi connectivity index (χ0n) is 42.8. The third-order valence-corrected chi connectivity index (χ3v) is 12.4. The summed E-state index contributed by atoms with van der Waals surface area (Å²) < 4.78 is 16.8. The fourth-order valence-corrected chi connectivity index (χ4v) is 8.12. The van der Waals surface area contributed by atoms with Gasteiger partial charge in [-0.05, 0) is 77.0 Å². The molecule has 0 saturated heterocycles. The summed E-state index contributed by atoms with van der Waals surface area (Å²) in [5.74, 6) is -0.874. The average Bonchev–Trinajstić information content (AvgIpc) is 3.29. The molecule has 374 valence electrons. The van der Waals surface area contributed by atoms with Crippen LogP contribution in [-0.2, 0) is 28.6 Å². The number of ether oxygens (including phenoxy) is 3. The molecule has 0 aromatic carbocycles. The van der Waals surface area contributed by atoms with Gasteiger partial charge in [0.15, 0.2) is 6.10 Å². The third kappa shape index (κ3) is 50.6. The van der Waals surface area contributed by atoms with Crippen molar-refractivity contribution in [2.24, 2.45) is 0 Å². The quantitative estimate of drug-likeness (QED) is 0.0262. The van der Waals surface area contributed by atoms with E-state index in [1.807, 2.05) is 0 Å². The minimum atomic E-state index is -0.774. The molecule has 0 rings (SSSR count). The van der Waals surface area contributed by atoms with E-state index >= 15 is 0 Å². The van der Waals surface area contributed by atoms with Crippen LogP contribution in [0.2, 0.25) is 0 Å². The van der Waals surface area contributed by atoms with Crippen LogP contribution in [0.1, 0.15) is 297 Å². The summed E-state index contributed by atoms with van der Waals surface area (Å²) in [6.45, 7) is 6.63. The lowest BCUT2D eigenvalue weighted by Gasteiger charge is -2.18. The van der Waals surface area contributed by atoms with Crippen LogP contribution in [0.3, 0.4) is 0 Å². The zero-order chi connectivity index (χ0) is 46.5. The monoisotopic (exact) mass is 899 g/mol. The van der Waals surface area contributed by atoms with Gasteiger partial charge in [0.1, 0.15) is 13.2 Å². The second-order valence-electron chi connectivity index (χ2n) is 18.8. The van der Waals surface area contributed by atoms with Gasteiger partial charge in [0.2, 0.25) is 0 Å². The smallest absolute Gasteiger partial charge is 0.306 e. The van der Waals surface area contributed by atoms with Gasteiger partial charge in [-0.15, -0.1) is 0 Å². The van der Waals surface area contributed by atoms with E-state index in [0.29, 0.717) is 19.3 Å². The number of carbonyl (C=O) groups excluding carboxylic acids is 3. The molecular weight excluding hydrogens is 793 g/mol. The van der Waals surface area contributed by atoms with Gasteiger partial charge in [-0.2, -0.15) is 0 Å². The minimum Gasteiger partial charge on any atom is -0.462 e. The largest absolute Gasteiger partial charge is 0.462 e. The average molecular weight is 899 g/mol. The number of esters is 3. The van der Waals surface area contributed by atoms with E-state index in [2.05, 4.69) is 57.2 Å². The van der Waals surface area contributed by atoms with Crippen LogP contribution in [0.25, 0.3) is 0 Å². The van der Waals surface area contributed by atoms with Gasteiger partial charge in [-0.25, -0.2) is 0 Å². The van der Waals surface area contributed by atoms with Crippen LogP contribution in [0.15, 0.2) is 36.5 Å². The fourth-order valence-electron chi connectivity index (χ4n) is 8.12. The van der Waals surface area contributed by atoms with Gasteiger partial charge in [0, 0.05) is 19.3 Å². The molecule has 1 unspecified atom stereocenters. The Bertz CT molecular complexity index is 1080. The normalized spacial score (nSPS) is 12.2. The molecule has 0 bridgehead atoms. The molecule has 6 heteroatoms. The number of hydrogen-bond acceptors (Lipinski definition) is 6. The Hall–Kier alpha value is -2.37. The highest BCUT2D eigenvalue weighted by Gasteiger charge is 2.19. The summed E-state index contributed by atoms with van der Waals surface area (Å²) in [6, 6.07) is 0. The molecule has 0 heterocycles. The van der Waals surface area contributed by atoms with Gasteiger partial charge in [0.05, 0.1) is 0 Å². The van der Waals surface area contributed by atoms with E-state index in [-0.39, 0.29) is 31.1 Å². The van der Waals surface area contributed by atoms with Crippen LogP contribution in [0, 0.1) is 0 Å². The molecule has 0 aromatic rings. The molecule has 64 heavy (non-hydrogen) atoms. The fraction of sp³-hybridized carbons (Fsp3) is 0.845. The summed E-state index contributed by atoms with van der Waals surface area (Å²) in [5.41, 5.74) is 0. The Morgan fingerprint density at radius 3 is 0.875 bits per heavy atom. The van der Waals surface area contributed by atoms with Gasteiger partial charge in [0.25, 0.3) is 0 Å². The number of allylic oxidation sites excluding steroid dienone is 6. The molecule has 0 aliphatic rings. The molecule has 0 fully saturated rings. The lowest BCUT2D eigenvalue weighted by Crippen LogP contribution is -2.30. The molecular formula is C58H106O6. The highest BCUT2D eigenvalue weighted by atomic mass is 16.6. The number of rotatable bonds is 51. The first kappa shape index (κ1) is 61.6. The molecule has 1 atom stereocenters. The second-order valence-corrected chi connectivity index (χ2v) is 18.8. The second kappa shape index (κ2) is 53.2. The molecule has 0 saturated carbocycles. The van der Waals surface area contributed by atoms with Crippen molar-refractivity contribution in [2.45, 2.75) is 303 Å². The van der Waals surface area contributed by atoms with Crippen molar-refractivity contribution in [3.63, 3.8) is 0 Å². The summed E-state index contributed by atoms with van der Waals surface area (Å²) in [6.07, 6.45) is 62.7. The first-order valence-corrected chi connectivity index (χ1v) is 28.0. The number of unbranched alkanes of at least 4 members (excludes halogenated alkanes) is 34. The van der Waals surface area contributed by atoms with E-state index in [1.54, 1.807) is 0 Å². The van der Waals surface area contributed by atoms with Crippen LogP contribution in [-0.4, -0.2) is 37.2 Å². The van der Waals surface area contributed by atoms with Gasteiger partial charge >= 0.3 is 17.9 Å². The van der Waals surface area contributed by atoms with E-state index in [4.69, 9.17) is 14.2 Å². The van der Waals surface area contributed by atoms with Crippen molar-refractivity contribution in [3.05, 3.63) is 36.5 Å². The van der Waals surface area contributed by atoms with Gasteiger partial charge < -0.3 is 14.2 Å². The van der Waals surface area contributed by atoms with E-state index in [0.717, 1.165) is 70.6 Å². The van der Waals surface area contributed by atoms with Crippen molar-refractivity contribution >= 4 is 17.9 Å². The maximum atomic E-state index is 12.8. The summed E-state index contributed by atoms with van der Waals surface area (Å²) in [5, 5.41) is 0. The van der Waals surface area contributed by atoms with Crippen LogP contribution < -0.4 is 0 Å². The molecule has 0 spiro atoms. The Labute approximate surface area is 397 Å². The topological polar surface area (TPSA) is 78.9 Å². The van der Waals surface area contributed by atoms with E-state index in [1.165, 1.54) is 186 Å². The lowest BCUT2D eigenvalue weighted by molar-refractivity contribution is -0.167. The van der Waals surface area contributed by atoms with Gasteiger partial charge in [-0.3, -0.25) is 14.4 Å².